The molecule has 2 aliphatic rings. The lowest BCUT2D eigenvalue weighted by molar-refractivity contribution is -0.134. The average Bonchev–Trinajstić information content (AvgIpc) is 2.06. The van der Waals surface area contributed by atoms with E-state index in [9.17, 15) is 0 Å². The van der Waals surface area contributed by atoms with Gasteiger partial charge in [-0.25, -0.2) is 0 Å². The highest BCUT2D eigenvalue weighted by Crippen LogP contribution is 2.31. The molecular formula is C11H22N2O2. The fraction of sp³-hybridized carbons (Fsp3) is 0.909. The van der Waals surface area contributed by atoms with Crippen LogP contribution < -0.4 is 5.73 Å². The van der Waals surface area contributed by atoms with Gasteiger partial charge in [-0.05, 0) is 32.7 Å². The predicted molar refractivity (Wildman–Crippen MR) is 59.7 cm³/mol. The molecule has 2 bridgehead atoms. The third kappa shape index (κ3) is 3.80. The second kappa shape index (κ2) is 5.47. The van der Waals surface area contributed by atoms with Crippen molar-refractivity contribution in [2.75, 3.05) is 7.05 Å². The highest BCUT2D eigenvalue weighted by atomic mass is 16.4. The van der Waals surface area contributed by atoms with Gasteiger partial charge in [-0.3, -0.25) is 4.79 Å². The third-order valence-electron chi connectivity index (χ3n) is 3.38. The standard InChI is InChI=1S/C9H18N2.C2H4O2/c1-11-8-3-2-4-9(11)6-7(10)5-8;1-2(3)4/h7-9H,2-6,10H2,1H3;1H3,(H,3,4)/t8-,9-;/m1./s1. The van der Waals surface area contributed by atoms with Crippen LogP contribution in [-0.2, 0) is 4.79 Å². The molecule has 0 radical (unpaired) electrons. The molecule has 4 nitrogen and oxygen atoms in total. The minimum atomic E-state index is -0.833. The van der Waals surface area contributed by atoms with E-state index < -0.39 is 5.97 Å². The summed E-state index contributed by atoms with van der Waals surface area (Å²) in [6.07, 6.45) is 6.63. The van der Waals surface area contributed by atoms with Crippen molar-refractivity contribution in [2.45, 2.75) is 57.2 Å². The number of carboxylic acids is 1. The van der Waals surface area contributed by atoms with Crippen molar-refractivity contribution in [3.8, 4) is 0 Å². The molecule has 2 aliphatic heterocycles. The van der Waals surface area contributed by atoms with Gasteiger partial charge in [0.2, 0.25) is 0 Å². The Labute approximate surface area is 91.4 Å². The zero-order valence-electron chi connectivity index (χ0n) is 9.65. The summed E-state index contributed by atoms with van der Waals surface area (Å²) >= 11 is 0. The molecule has 0 aliphatic carbocycles. The molecule has 2 fully saturated rings. The highest BCUT2D eigenvalue weighted by molar-refractivity contribution is 5.62. The van der Waals surface area contributed by atoms with Gasteiger partial charge in [-0.1, -0.05) is 6.42 Å². The van der Waals surface area contributed by atoms with Gasteiger partial charge in [0.1, 0.15) is 0 Å². The molecule has 2 rings (SSSR count). The number of nitrogens with two attached hydrogens (primary N) is 1. The second-order valence-corrected chi connectivity index (χ2v) is 4.65. The number of carbonyl (C=O) groups is 1. The van der Waals surface area contributed by atoms with Crippen molar-refractivity contribution in [3.63, 3.8) is 0 Å². The fourth-order valence-electron chi connectivity index (χ4n) is 2.66. The molecule has 0 aromatic heterocycles. The van der Waals surface area contributed by atoms with Crippen LogP contribution in [0.5, 0.6) is 0 Å². The third-order valence-corrected chi connectivity index (χ3v) is 3.38. The number of aliphatic carboxylic acids is 1. The van der Waals surface area contributed by atoms with E-state index in [0.29, 0.717) is 6.04 Å². The Bertz CT molecular complexity index is 203. The Morgan fingerprint density at radius 2 is 1.73 bits per heavy atom. The Morgan fingerprint density at radius 3 is 2.13 bits per heavy atom. The molecule has 0 amide bonds. The van der Waals surface area contributed by atoms with Gasteiger partial charge in [-0.15, -0.1) is 0 Å². The van der Waals surface area contributed by atoms with Gasteiger partial charge >= 0.3 is 0 Å². The number of carboxylic acid groups (broad SMARTS) is 1. The first kappa shape index (κ1) is 12.5. The zero-order valence-corrected chi connectivity index (χ0v) is 9.65. The lowest BCUT2D eigenvalue weighted by atomic mass is 9.83. The van der Waals surface area contributed by atoms with Crippen LogP contribution in [0.25, 0.3) is 0 Å². The SMILES string of the molecule is CC(=O)O.CN1[C@@H]2CCC[C@@H]1CC(N)C2. The normalized spacial score (nSPS) is 35.3. The van der Waals surface area contributed by atoms with Crippen molar-refractivity contribution < 1.29 is 9.90 Å². The maximum absolute atomic E-state index is 9.00. The van der Waals surface area contributed by atoms with Gasteiger partial charge < -0.3 is 15.7 Å². The minimum Gasteiger partial charge on any atom is -0.481 e. The van der Waals surface area contributed by atoms with Gasteiger partial charge in [0.15, 0.2) is 0 Å². The van der Waals surface area contributed by atoms with E-state index in [1.165, 1.54) is 32.1 Å². The minimum absolute atomic E-state index is 0.487. The smallest absolute Gasteiger partial charge is 0.300 e. The molecule has 3 N–H and O–H groups in total. The summed E-state index contributed by atoms with van der Waals surface area (Å²) in [4.78, 5) is 11.5. The quantitative estimate of drug-likeness (QED) is 0.632. The van der Waals surface area contributed by atoms with E-state index in [2.05, 4.69) is 11.9 Å². The van der Waals surface area contributed by atoms with Gasteiger partial charge in [0.05, 0.1) is 0 Å². The number of fused-ring (bicyclic) bond motifs is 2. The summed E-state index contributed by atoms with van der Waals surface area (Å²) in [5, 5.41) is 7.42. The van der Waals surface area contributed by atoms with Gasteiger partial charge in [-0.2, -0.15) is 0 Å². The molecule has 15 heavy (non-hydrogen) atoms. The largest absolute Gasteiger partial charge is 0.481 e. The molecule has 4 heteroatoms. The van der Waals surface area contributed by atoms with E-state index in [-0.39, 0.29) is 0 Å². The van der Waals surface area contributed by atoms with Gasteiger partial charge in [0.25, 0.3) is 5.97 Å². The topological polar surface area (TPSA) is 66.6 Å². The molecule has 2 atom stereocenters. The summed E-state index contributed by atoms with van der Waals surface area (Å²) in [6.45, 7) is 1.08. The second-order valence-electron chi connectivity index (χ2n) is 4.65. The Morgan fingerprint density at radius 1 is 1.33 bits per heavy atom. The van der Waals surface area contributed by atoms with E-state index >= 15 is 0 Å². The Hall–Kier alpha value is -0.610. The molecule has 0 unspecified atom stereocenters. The summed E-state index contributed by atoms with van der Waals surface area (Å²) in [6, 6.07) is 2.09. The summed E-state index contributed by atoms with van der Waals surface area (Å²) in [5.41, 5.74) is 5.96. The number of rotatable bonds is 0. The molecular weight excluding hydrogens is 192 g/mol. The van der Waals surface area contributed by atoms with Crippen LogP contribution in [0.4, 0.5) is 0 Å². The first-order valence-electron chi connectivity index (χ1n) is 5.67. The first-order valence-corrected chi connectivity index (χ1v) is 5.67. The lowest BCUT2D eigenvalue weighted by Crippen LogP contribution is -2.53. The molecule has 2 heterocycles. The average molecular weight is 214 g/mol. The van der Waals surface area contributed by atoms with Crippen molar-refractivity contribution >= 4 is 5.97 Å². The van der Waals surface area contributed by atoms with E-state index in [1.54, 1.807) is 0 Å². The van der Waals surface area contributed by atoms with Crippen LogP contribution in [0, 0.1) is 0 Å². The number of hydrogen-bond donors (Lipinski definition) is 2. The van der Waals surface area contributed by atoms with E-state index in [4.69, 9.17) is 15.6 Å². The molecule has 0 aromatic carbocycles. The monoisotopic (exact) mass is 214 g/mol. The van der Waals surface area contributed by atoms with Gasteiger partial charge in [0, 0.05) is 25.0 Å². The lowest BCUT2D eigenvalue weighted by Gasteiger charge is -2.46. The van der Waals surface area contributed by atoms with Crippen LogP contribution in [0.2, 0.25) is 0 Å². The van der Waals surface area contributed by atoms with Crippen LogP contribution in [0.15, 0.2) is 0 Å². The molecule has 0 saturated carbocycles. The first-order chi connectivity index (χ1) is 7.00. The Balaban J connectivity index is 0.000000245. The fourth-order valence-corrected chi connectivity index (χ4v) is 2.66. The van der Waals surface area contributed by atoms with E-state index in [0.717, 1.165) is 19.0 Å². The van der Waals surface area contributed by atoms with E-state index in [1.807, 2.05) is 0 Å². The Kier molecular flexibility index (Phi) is 4.54. The van der Waals surface area contributed by atoms with Crippen LogP contribution in [0.3, 0.4) is 0 Å². The maximum Gasteiger partial charge on any atom is 0.300 e. The van der Waals surface area contributed by atoms with Crippen molar-refractivity contribution in [1.29, 1.82) is 0 Å². The molecule has 88 valence electrons. The van der Waals surface area contributed by atoms with Crippen molar-refractivity contribution in [2.24, 2.45) is 5.73 Å². The maximum atomic E-state index is 9.00. The number of piperidine rings is 2. The summed E-state index contributed by atoms with van der Waals surface area (Å²) < 4.78 is 0. The zero-order chi connectivity index (χ0) is 11.4. The van der Waals surface area contributed by atoms with Crippen molar-refractivity contribution in [1.82, 2.24) is 4.90 Å². The highest BCUT2D eigenvalue weighted by Gasteiger charge is 2.34. The number of nitrogens with zero attached hydrogens (tertiary/aromatic N) is 1. The predicted octanol–water partition coefficient (Wildman–Crippen LogP) is 1.05. The van der Waals surface area contributed by atoms with Crippen molar-refractivity contribution in [3.05, 3.63) is 0 Å². The van der Waals surface area contributed by atoms with Crippen LogP contribution in [0.1, 0.15) is 39.0 Å². The molecule has 2 saturated heterocycles. The summed E-state index contributed by atoms with van der Waals surface area (Å²) in [7, 11) is 2.26. The summed E-state index contributed by atoms with van der Waals surface area (Å²) in [5.74, 6) is -0.833. The number of hydrogen-bond acceptors (Lipinski definition) is 3. The molecule has 0 spiro atoms. The van der Waals surface area contributed by atoms with Crippen LogP contribution in [-0.4, -0.2) is 41.1 Å². The van der Waals surface area contributed by atoms with Crippen LogP contribution >= 0.6 is 0 Å². The molecule has 0 aromatic rings.